The van der Waals surface area contributed by atoms with Crippen LogP contribution in [0.25, 0.3) is 0 Å². The molecule has 0 unspecified atom stereocenters. The first-order valence-electron chi connectivity index (χ1n) is 5.76. The molecular weight excluding hydrogens is 232 g/mol. The average Bonchev–Trinajstić information content (AvgIpc) is 2.74. The third kappa shape index (κ3) is 3.46. The Bertz CT molecular complexity index is 465. The standard InChI is InChI=1S/C13H16N2OS/c1-2-3-4-10-5-7-11(8-6-10)16-13-15-9-12(14)17-13/h5-9H,2-4,14H2,1H3. The summed E-state index contributed by atoms with van der Waals surface area (Å²) in [5, 5.41) is 1.25. The van der Waals surface area contributed by atoms with Gasteiger partial charge >= 0.3 is 0 Å². The van der Waals surface area contributed by atoms with E-state index >= 15 is 0 Å². The molecule has 1 aromatic carbocycles. The first-order chi connectivity index (χ1) is 8.28. The van der Waals surface area contributed by atoms with E-state index < -0.39 is 0 Å². The highest BCUT2D eigenvalue weighted by molar-refractivity contribution is 7.17. The minimum atomic E-state index is 0.587. The van der Waals surface area contributed by atoms with Gasteiger partial charge in [-0.1, -0.05) is 36.8 Å². The highest BCUT2D eigenvalue weighted by Crippen LogP contribution is 2.27. The molecular formula is C13H16N2OS. The van der Waals surface area contributed by atoms with Gasteiger partial charge in [-0.3, -0.25) is 0 Å². The number of aryl methyl sites for hydroxylation is 1. The van der Waals surface area contributed by atoms with E-state index in [1.807, 2.05) is 12.1 Å². The lowest BCUT2D eigenvalue weighted by atomic mass is 10.1. The summed E-state index contributed by atoms with van der Waals surface area (Å²) >= 11 is 1.35. The predicted octanol–water partition coefficient (Wildman–Crippen LogP) is 3.86. The average molecular weight is 248 g/mol. The number of nitrogens with zero attached hydrogens (tertiary/aromatic N) is 1. The van der Waals surface area contributed by atoms with Gasteiger partial charge in [-0.05, 0) is 30.5 Å². The molecule has 0 amide bonds. The maximum absolute atomic E-state index is 5.59. The quantitative estimate of drug-likeness (QED) is 0.874. The second-order valence-electron chi connectivity index (χ2n) is 3.88. The number of aromatic nitrogens is 1. The van der Waals surface area contributed by atoms with Gasteiger partial charge in [0.05, 0.1) is 6.20 Å². The molecule has 17 heavy (non-hydrogen) atoms. The number of nitrogen functional groups attached to an aromatic ring is 1. The normalized spacial score (nSPS) is 10.4. The molecule has 1 heterocycles. The maximum Gasteiger partial charge on any atom is 0.280 e. The van der Waals surface area contributed by atoms with Crippen LogP contribution in [0.2, 0.25) is 0 Å². The number of rotatable bonds is 5. The summed E-state index contributed by atoms with van der Waals surface area (Å²) in [4.78, 5) is 4.05. The summed E-state index contributed by atoms with van der Waals surface area (Å²) in [6, 6.07) is 8.15. The Balaban J connectivity index is 1.98. The van der Waals surface area contributed by atoms with E-state index in [0.29, 0.717) is 10.2 Å². The lowest BCUT2D eigenvalue weighted by molar-refractivity contribution is 0.478. The van der Waals surface area contributed by atoms with Gasteiger partial charge in [0.1, 0.15) is 10.8 Å². The van der Waals surface area contributed by atoms with E-state index in [1.165, 1.54) is 29.7 Å². The fraction of sp³-hybridized carbons (Fsp3) is 0.308. The van der Waals surface area contributed by atoms with Gasteiger partial charge in [0.15, 0.2) is 0 Å². The number of hydrogen-bond acceptors (Lipinski definition) is 4. The van der Waals surface area contributed by atoms with Gasteiger partial charge < -0.3 is 10.5 Å². The summed E-state index contributed by atoms with van der Waals surface area (Å²) in [7, 11) is 0. The number of unbranched alkanes of at least 4 members (excludes halogenated alkanes) is 1. The van der Waals surface area contributed by atoms with Gasteiger partial charge in [-0.15, -0.1) is 0 Å². The van der Waals surface area contributed by atoms with Gasteiger partial charge in [0.25, 0.3) is 5.19 Å². The highest BCUT2D eigenvalue weighted by Gasteiger charge is 2.02. The van der Waals surface area contributed by atoms with Gasteiger partial charge in [0.2, 0.25) is 0 Å². The van der Waals surface area contributed by atoms with Crippen molar-refractivity contribution in [3.8, 4) is 10.9 Å². The van der Waals surface area contributed by atoms with E-state index in [9.17, 15) is 0 Å². The summed E-state index contributed by atoms with van der Waals surface area (Å²) in [6.45, 7) is 2.20. The second-order valence-corrected chi connectivity index (χ2v) is 4.90. The Morgan fingerprint density at radius 3 is 2.65 bits per heavy atom. The lowest BCUT2D eigenvalue weighted by Gasteiger charge is -2.03. The number of anilines is 1. The minimum absolute atomic E-state index is 0.587. The Morgan fingerprint density at radius 2 is 2.06 bits per heavy atom. The van der Waals surface area contributed by atoms with Crippen LogP contribution < -0.4 is 10.5 Å². The molecule has 0 spiro atoms. The molecule has 0 saturated carbocycles. The zero-order valence-corrected chi connectivity index (χ0v) is 10.7. The summed E-state index contributed by atoms with van der Waals surface area (Å²) in [5.74, 6) is 0.805. The van der Waals surface area contributed by atoms with Crippen molar-refractivity contribution in [1.29, 1.82) is 0 Å². The number of benzene rings is 1. The van der Waals surface area contributed by atoms with Crippen LogP contribution in [0.15, 0.2) is 30.5 Å². The highest BCUT2D eigenvalue weighted by atomic mass is 32.1. The van der Waals surface area contributed by atoms with Crippen molar-refractivity contribution in [3.63, 3.8) is 0 Å². The first-order valence-corrected chi connectivity index (χ1v) is 6.57. The van der Waals surface area contributed by atoms with Crippen molar-refractivity contribution < 1.29 is 4.74 Å². The molecule has 0 fully saturated rings. The molecule has 0 saturated heterocycles. The minimum Gasteiger partial charge on any atom is -0.431 e. The molecule has 0 bridgehead atoms. The van der Waals surface area contributed by atoms with Crippen molar-refractivity contribution in [3.05, 3.63) is 36.0 Å². The van der Waals surface area contributed by atoms with E-state index in [0.717, 1.165) is 12.2 Å². The third-order valence-electron chi connectivity index (χ3n) is 2.45. The Kier molecular flexibility index (Phi) is 3.98. The second kappa shape index (κ2) is 5.68. The first kappa shape index (κ1) is 11.9. The van der Waals surface area contributed by atoms with Crippen LogP contribution in [0.1, 0.15) is 25.3 Å². The van der Waals surface area contributed by atoms with Gasteiger partial charge in [0, 0.05) is 0 Å². The zero-order valence-electron chi connectivity index (χ0n) is 9.85. The van der Waals surface area contributed by atoms with E-state index in [-0.39, 0.29) is 0 Å². The fourth-order valence-corrected chi connectivity index (χ4v) is 2.07. The smallest absolute Gasteiger partial charge is 0.280 e. The SMILES string of the molecule is CCCCc1ccc(Oc2ncc(N)s2)cc1. The van der Waals surface area contributed by atoms with Crippen molar-refractivity contribution in [2.75, 3.05) is 5.73 Å². The molecule has 3 nitrogen and oxygen atoms in total. The predicted molar refractivity (Wildman–Crippen MR) is 71.7 cm³/mol. The van der Waals surface area contributed by atoms with Crippen LogP contribution in [0.5, 0.6) is 10.9 Å². The van der Waals surface area contributed by atoms with Gasteiger partial charge in [-0.2, -0.15) is 0 Å². The van der Waals surface area contributed by atoms with E-state index in [1.54, 1.807) is 6.20 Å². The molecule has 0 aliphatic heterocycles. The van der Waals surface area contributed by atoms with Crippen LogP contribution in [-0.2, 0) is 6.42 Å². The van der Waals surface area contributed by atoms with Crippen molar-refractivity contribution in [2.24, 2.45) is 0 Å². The Morgan fingerprint density at radius 1 is 1.29 bits per heavy atom. The topological polar surface area (TPSA) is 48.1 Å². The summed E-state index contributed by atoms with van der Waals surface area (Å²) in [5.41, 5.74) is 6.93. The lowest BCUT2D eigenvalue weighted by Crippen LogP contribution is -1.86. The summed E-state index contributed by atoms with van der Waals surface area (Å²) < 4.78 is 5.59. The van der Waals surface area contributed by atoms with Crippen LogP contribution >= 0.6 is 11.3 Å². The number of hydrogen-bond donors (Lipinski definition) is 1. The van der Waals surface area contributed by atoms with Crippen LogP contribution in [0.4, 0.5) is 5.00 Å². The van der Waals surface area contributed by atoms with Crippen LogP contribution in [0.3, 0.4) is 0 Å². The van der Waals surface area contributed by atoms with Crippen LogP contribution in [0, 0.1) is 0 Å². The molecule has 2 rings (SSSR count). The van der Waals surface area contributed by atoms with Crippen molar-refractivity contribution >= 4 is 16.3 Å². The Hall–Kier alpha value is -1.55. The zero-order chi connectivity index (χ0) is 12.1. The molecule has 1 aromatic heterocycles. The Labute approximate surface area is 105 Å². The maximum atomic E-state index is 5.59. The van der Waals surface area contributed by atoms with Crippen LogP contribution in [-0.4, -0.2) is 4.98 Å². The van der Waals surface area contributed by atoms with Crippen molar-refractivity contribution in [2.45, 2.75) is 26.2 Å². The third-order valence-corrected chi connectivity index (χ3v) is 3.15. The molecule has 0 radical (unpaired) electrons. The largest absolute Gasteiger partial charge is 0.431 e. The van der Waals surface area contributed by atoms with E-state index in [2.05, 4.69) is 24.0 Å². The fourth-order valence-electron chi connectivity index (χ4n) is 1.52. The molecule has 0 aliphatic carbocycles. The molecule has 90 valence electrons. The molecule has 2 N–H and O–H groups in total. The monoisotopic (exact) mass is 248 g/mol. The molecule has 4 heteroatoms. The number of nitrogens with two attached hydrogens (primary N) is 1. The summed E-state index contributed by atoms with van der Waals surface area (Å²) in [6.07, 6.45) is 5.18. The molecule has 0 aliphatic rings. The van der Waals surface area contributed by atoms with Crippen molar-refractivity contribution in [1.82, 2.24) is 4.98 Å². The molecule has 2 aromatic rings. The number of thiazole rings is 1. The molecule has 0 atom stereocenters. The number of ether oxygens (including phenoxy) is 1. The van der Waals surface area contributed by atoms with E-state index in [4.69, 9.17) is 10.5 Å². The van der Waals surface area contributed by atoms with Gasteiger partial charge in [-0.25, -0.2) is 4.98 Å².